The molecule has 0 radical (unpaired) electrons. The summed E-state index contributed by atoms with van der Waals surface area (Å²) in [5.74, 6) is -0.349. The van der Waals surface area contributed by atoms with Crippen molar-refractivity contribution in [3.8, 4) is 5.75 Å². The second kappa shape index (κ2) is 9.08. The summed E-state index contributed by atoms with van der Waals surface area (Å²) in [6.45, 7) is 0. The summed E-state index contributed by atoms with van der Waals surface area (Å²) in [6, 6.07) is 16.5. The van der Waals surface area contributed by atoms with Crippen LogP contribution in [0.3, 0.4) is 0 Å². The summed E-state index contributed by atoms with van der Waals surface area (Å²) in [7, 11) is 2.83. The lowest BCUT2D eigenvalue weighted by atomic mass is 10.2. The fourth-order valence-electron chi connectivity index (χ4n) is 2.03. The molecule has 25 heavy (non-hydrogen) atoms. The normalized spacial score (nSPS) is 11.2. The van der Waals surface area contributed by atoms with Crippen molar-refractivity contribution in [2.75, 3.05) is 14.2 Å². The zero-order valence-corrected chi connectivity index (χ0v) is 14.1. The van der Waals surface area contributed by atoms with Crippen LogP contribution in [0.2, 0.25) is 0 Å². The molecule has 0 saturated carbocycles. The minimum absolute atomic E-state index is 0.0513. The van der Waals surface area contributed by atoms with E-state index < -0.39 is 11.9 Å². The molecule has 0 saturated heterocycles. The van der Waals surface area contributed by atoms with Gasteiger partial charge in [0.05, 0.1) is 14.2 Å². The largest absolute Gasteiger partial charge is 0.497 e. The second-order valence-corrected chi connectivity index (χ2v) is 5.06. The van der Waals surface area contributed by atoms with Gasteiger partial charge in [0.25, 0.3) is 0 Å². The number of methoxy groups -OCH3 is 2. The third-order valence-electron chi connectivity index (χ3n) is 3.32. The maximum Gasteiger partial charge on any atom is 0.354 e. The zero-order chi connectivity index (χ0) is 18.1. The molecule has 0 spiro atoms. The molecule has 2 aromatic rings. The van der Waals surface area contributed by atoms with E-state index in [9.17, 15) is 9.59 Å². The standard InChI is InChI=1S/C20H19NO4/c1-24-17-11-8-16(9-12-17)14-18(20(23)25-2)21-19(22)13-10-15-6-4-3-5-7-15/h3-14H,1-2H3,(H,21,22). The molecule has 0 atom stereocenters. The number of esters is 1. The van der Waals surface area contributed by atoms with Gasteiger partial charge in [0.15, 0.2) is 0 Å². The molecule has 0 heterocycles. The van der Waals surface area contributed by atoms with Crippen molar-refractivity contribution in [2.45, 2.75) is 0 Å². The Kier molecular flexibility index (Phi) is 6.54. The van der Waals surface area contributed by atoms with E-state index in [-0.39, 0.29) is 5.70 Å². The quantitative estimate of drug-likeness (QED) is 0.650. The molecule has 0 unspecified atom stereocenters. The Hall–Kier alpha value is -3.34. The van der Waals surface area contributed by atoms with E-state index in [4.69, 9.17) is 9.47 Å². The Morgan fingerprint density at radius 3 is 2.20 bits per heavy atom. The Labute approximate surface area is 146 Å². The summed E-state index contributed by atoms with van der Waals surface area (Å²) < 4.78 is 9.81. The Morgan fingerprint density at radius 1 is 0.920 bits per heavy atom. The van der Waals surface area contributed by atoms with E-state index in [0.717, 1.165) is 11.1 Å². The summed E-state index contributed by atoms with van der Waals surface area (Å²) >= 11 is 0. The van der Waals surface area contributed by atoms with Crippen molar-refractivity contribution in [2.24, 2.45) is 0 Å². The van der Waals surface area contributed by atoms with Gasteiger partial charge in [-0.25, -0.2) is 4.79 Å². The average molecular weight is 337 g/mol. The summed E-state index contributed by atoms with van der Waals surface area (Å²) in [5.41, 5.74) is 1.67. The molecule has 5 nitrogen and oxygen atoms in total. The number of carbonyl (C=O) groups excluding carboxylic acids is 2. The van der Waals surface area contributed by atoms with Crippen molar-refractivity contribution >= 4 is 24.0 Å². The van der Waals surface area contributed by atoms with Gasteiger partial charge in [-0.1, -0.05) is 42.5 Å². The third kappa shape index (κ3) is 5.66. The first-order chi connectivity index (χ1) is 12.1. The number of hydrogen-bond donors (Lipinski definition) is 1. The molecular formula is C20H19NO4. The third-order valence-corrected chi connectivity index (χ3v) is 3.32. The lowest BCUT2D eigenvalue weighted by molar-refractivity contribution is -0.137. The van der Waals surface area contributed by atoms with Crippen LogP contribution in [0, 0.1) is 0 Å². The van der Waals surface area contributed by atoms with E-state index in [1.165, 1.54) is 13.2 Å². The molecule has 5 heteroatoms. The minimum Gasteiger partial charge on any atom is -0.497 e. The van der Waals surface area contributed by atoms with Gasteiger partial charge >= 0.3 is 5.97 Å². The number of nitrogens with one attached hydrogen (secondary N) is 1. The molecule has 1 N–H and O–H groups in total. The SMILES string of the molecule is COC(=O)C(=Cc1ccc(OC)cc1)NC(=O)C=Cc1ccccc1. The number of amides is 1. The smallest absolute Gasteiger partial charge is 0.354 e. The number of ether oxygens (including phenoxy) is 2. The Balaban J connectivity index is 2.14. The van der Waals surface area contributed by atoms with E-state index in [0.29, 0.717) is 5.75 Å². The van der Waals surface area contributed by atoms with Crippen LogP contribution in [0.1, 0.15) is 11.1 Å². The second-order valence-electron chi connectivity index (χ2n) is 5.06. The van der Waals surface area contributed by atoms with Gasteiger partial charge in [0, 0.05) is 6.08 Å². The molecule has 1 amide bonds. The van der Waals surface area contributed by atoms with Crippen molar-refractivity contribution in [3.63, 3.8) is 0 Å². The number of benzene rings is 2. The predicted octanol–water partition coefficient (Wildman–Crippen LogP) is 3.04. The van der Waals surface area contributed by atoms with Gasteiger partial charge in [-0.3, -0.25) is 4.79 Å². The van der Waals surface area contributed by atoms with Crippen LogP contribution in [0.25, 0.3) is 12.2 Å². The molecule has 2 rings (SSSR count). The van der Waals surface area contributed by atoms with Gasteiger partial charge < -0.3 is 14.8 Å². The van der Waals surface area contributed by atoms with E-state index >= 15 is 0 Å². The molecule has 0 aliphatic carbocycles. The van der Waals surface area contributed by atoms with Crippen LogP contribution in [0.5, 0.6) is 5.75 Å². The maximum absolute atomic E-state index is 12.1. The summed E-state index contributed by atoms with van der Waals surface area (Å²) in [6.07, 6.45) is 4.57. The van der Waals surface area contributed by atoms with Crippen LogP contribution in [-0.2, 0) is 14.3 Å². The van der Waals surface area contributed by atoms with Crippen LogP contribution >= 0.6 is 0 Å². The average Bonchev–Trinajstić information content (AvgIpc) is 2.66. The van der Waals surface area contributed by atoms with Crippen LogP contribution < -0.4 is 10.1 Å². The van der Waals surface area contributed by atoms with Crippen molar-refractivity contribution in [1.29, 1.82) is 0 Å². The van der Waals surface area contributed by atoms with Crippen molar-refractivity contribution in [1.82, 2.24) is 5.32 Å². The number of carbonyl (C=O) groups is 2. The number of hydrogen-bond acceptors (Lipinski definition) is 4. The maximum atomic E-state index is 12.1. The highest BCUT2D eigenvalue weighted by atomic mass is 16.5. The molecule has 0 fully saturated rings. The fraction of sp³-hybridized carbons (Fsp3) is 0.100. The van der Waals surface area contributed by atoms with Gasteiger partial charge in [-0.05, 0) is 35.4 Å². The highest BCUT2D eigenvalue weighted by Crippen LogP contribution is 2.14. The first-order valence-corrected chi connectivity index (χ1v) is 7.60. The van der Waals surface area contributed by atoms with Gasteiger partial charge in [-0.2, -0.15) is 0 Å². The fourth-order valence-corrected chi connectivity index (χ4v) is 2.03. The van der Waals surface area contributed by atoms with Gasteiger partial charge in [0.2, 0.25) is 5.91 Å². The summed E-state index contributed by atoms with van der Waals surface area (Å²) in [5, 5.41) is 2.54. The number of rotatable bonds is 6. The van der Waals surface area contributed by atoms with Gasteiger partial charge in [0.1, 0.15) is 11.4 Å². The van der Waals surface area contributed by atoms with Crippen LogP contribution in [0.4, 0.5) is 0 Å². The van der Waals surface area contributed by atoms with Crippen molar-refractivity contribution < 1.29 is 19.1 Å². The molecule has 2 aromatic carbocycles. The van der Waals surface area contributed by atoms with E-state index in [1.54, 1.807) is 43.5 Å². The van der Waals surface area contributed by atoms with Gasteiger partial charge in [-0.15, -0.1) is 0 Å². The lowest BCUT2D eigenvalue weighted by Gasteiger charge is -2.07. The molecule has 0 aliphatic heterocycles. The molecular weight excluding hydrogens is 318 g/mol. The minimum atomic E-state index is -0.628. The Morgan fingerprint density at radius 2 is 1.60 bits per heavy atom. The topological polar surface area (TPSA) is 64.6 Å². The highest BCUT2D eigenvalue weighted by molar-refractivity contribution is 6.02. The predicted molar refractivity (Wildman–Crippen MR) is 96.6 cm³/mol. The molecule has 0 aromatic heterocycles. The van der Waals surface area contributed by atoms with Crippen molar-refractivity contribution in [3.05, 3.63) is 77.5 Å². The van der Waals surface area contributed by atoms with E-state index in [1.807, 2.05) is 30.3 Å². The zero-order valence-electron chi connectivity index (χ0n) is 14.1. The monoisotopic (exact) mass is 337 g/mol. The molecule has 128 valence electrons. The van der Waals surface area contributed by atoms with E-state index in [2.05, 4.69) is 5.32 Å². The molecule has 0 bridgehead atoms. The van der Waals surface area contributed by atoms with Crippen LogP contribution in [0.15, 0.2) is 66.4 Å². The molecule has 0 aliphatic rings. The highest BCUT2D eigenvalue weighted by Gasteiger charge is 2.12. The first kappa shape index (κ1) is 18.0. The van der Waals surface area contributed by atoms with Crippen LogP contribution in [-0.4, -0.2) is 26.1 Å². The lowest BCUT2D eigenvalue weighted by Crippen LogP contribution is -2.26. The first-order valence-electron chi connectivity index (χ1n) is 7.60. The Bertz CT molecular complexity index is 777. The summed E-state index contributed by atoms with van der Waals surface area (Å²) in [4.78, 5) is 24.0.